The molecular weight excluding hydrogens is 787 g/mol. The third kappa shape index (κ3) is 44.0. The van der Waals surface area contributed by atoms with Crippen molar-refractivity contribution in [3.63, 3.8) is 0 Å². The van der Waals surface area contributed by atoms with Crippen molar-refractivity contribution in [3.8, 4) is 0 Å². The Morgan fingerprint density at radius 1 is 0.476 bits per heavy atom. The number of hydrogen-bond donors (Lipinski definition) is 0. The second kappa shape index (κ2) is 45.6. The fraction of sp³-hybridized carbons (Fsp3) is 0.764. The molecule has 0 aromatic rings. The van der Waals surface area contributed by atoms with E-state index in [0.29, 0.717) is 12.8 Å². The van der Waals surface area contributed by atoms with Crippen LogP contribution in [0.3, 0.4) is 0 Å². The monoisotopic (exact) mass is 884 g/mol. The highest BCUT2D eigenvalue weighted by Crippen LogP contribution is 2.16. The summed E-state index contributed by atoms with van der Waals surface area (Å²) in [6, 6.07) is -0.732. The summed E-state index contributed by atoms with van der Waals surface area (Å²) in [6.07, 6.45) is 56.8. The van der Waals surface area contributed by atoms with Gasteiger partial charge >= 0.3 is 11.9 Å². The Morgan fingerprint density at radius 2 is 0.873 bits per heavy atom. The molecule has 0 aliphatic rings. The number of aliphatic carboxylic acids is 1. The number of hydrogen-bond acceptors (Lipinski definition) is 7. The van der Waals surface area contributed by atoms with E-state index in [2.05, 4.69) is 38.2 Å². The first kappa shape index (κ1) is 60.0. The normalized spacial score (nSPS) is 13.3. The summed E-state index contributed by atoms with van der Waals surface area (Å²) in [6.45, 7) is 4.57. The topological polar surface area (TPSA) is 102 Å². The molecule has 0 spiro atoms. The van der Waals surface area contributed by atoms with E-state index in [1.165, 1.54) is 122 Å². The van der Waals surface area contributed by atoms with Crippen molar-refractivity contribution in [2.24, 2.45) is 0 Å². The minimum absolute atomic E-state index is 0.0323. The van der Waals surface area contributed by atoms with Gasteiger partial charge in [0.2, 0.25) is 0 Å². The summed E-state index contributed by atoms with van der Waals surface area (Å²) < 4.78 is 17.2. The molecule has 0 saturated carbocycles. The number of ether oxygens (including phenoxy) is 3. The van der Waals surface area contributed by atoms with Crippen molar-refractivity contribution in [2.75, 3.05) is 41.0 Å². The van der Waals surface area contributed by atoms with Crippen molar-refractivity contribution < 1.29 is 38.2 Å². The number of carboxylic acids is 1. The molecule has 0 bridgehead atoms. The highest BCUT2D eigenvalue weighted by atomic mass is 16.6. The molecule has 0 aromatic heterocycles. The van der Waals surface area contributed by atoms with Gasteiger partial charge in [-0.15, -0.1) is 0 Å². The summed E-state index contributed by atoms with van der Waals surface area (Å²) in [5.74, 6) is -1.76. The van der Waals surface area contributed by atoms with Gasteiger partial charge in [0.05, 0.1) is 40.3 Å². The zero-order valence-corrected chi connectivity index (χ0v) is 41.5. The number of likely N-dealkylation sites (N-methyl/N-ethyl adjacent to an activating group) is 1. The van der Waals surface area contributed by atoms with E-state index in [1.807, 2.05) is 36.5 Å². The van der Waals surface area contributed by atoms with E-state index in [9.17, 15) is 19.5 Å². The fourth-order valence-electron chi connectivity index (χ4n) is 7.51. The minimum Gasteiger partial charge on any atom is -0.544 e. The maximum absolute atomic E-state index is 12.8. The van der Waals surface area contributed by atoms with Gasteiger partial charge in [0, 0.05) is 19.3 Å². The Labute approximate surface area is 388 Å². The number of carboxylic acid groups (broad SMARTS) is 1. The molecule has 0 fully saturated rings. The lowest BCUT2D eigenvalue weighted by Crippen LogP contribution is -2.55. The predicted molar refractivity (Wildman–Crippen MR) is 263 cm³/mol. The molecule has 364 valence electrons. The zero-order valence-electron chi connectivity index (χ0n) is 41.5. The molecule has 8 nitrogen and oxygen atoms in total. The van der Waals surface area contributed by atoms with Gasteiger partial charge in [-0.1, -0.05) is 229 Å². The van der Waals surface area contributed by atoms with E-state index in [4.69, 9.17) is 14.2 Å². The molecule has 8 heteroatoms. The van der Waals surface area contributed by atoms with Gasteiger partial charge in [-0.25, -0.2) is 0 Å². The van der Waals surface area contributed by atoms with Gasteiger partial charge < -0.3 is 28.6 Å². The molecular formula is C55H97NO7. The molecule has 0 heterocycles. The molecule has 0 N–H and O–H groups in total. The van der Waals surface area contributed by atoms with Crippen molar-refractivity contribution in [1.29, 1.82) is 0 Å². The summed E-state index contributed by atoms with van der Waals surface area (Å²) in [7, 11) is 5.41. The van der Waals surface area contributed by atoms with Gasteiger partial charge in [-0.3, -0.25) is 9.59 Å². The van der Waals surface area contributed by atoms with Gasteiger partial charge in [0.15, 0.2) is 6.10 Å². The molecule has 0 amide bonds. The predicted octanol–water partition coefficient (Wildman–Crippen LogP) is 13.6. The molecule has 2 atom stereocenters. The lowest BCUT2D eigenvalue weighted by Gasteiger charge is -2.34. The SMILES string of the molecule is CCC/C=C/C=C/C=C/C=C/C=C/CCCCCCCC(=O)OCC(COCCC(C(=O)[O-])[N+](C)(C)C)OC(=O)CCCCCCCCCCCCCCCCCCCCCCC. The Bertz CT molecular complexity index is 1210. The highest BCUT2D eigenvalue weighted by molar-refractivity contribution is 5.70. The lowest BCUT2D eigenvalue weighted by atomic mass is 10.0. The van der Waals surface area contributed by atoms with Crippen molar-refractivity contribution >= 4 is 17.9 Å². The van der Waals surface area contributed by atoms with E-state index in [0.717, 1.165) is 64.2 Å². The molecule has 0 saturated heterocycles. The van der Waals surface area contributed by atoms with Crippen LogP contribution in [0.15, 0.2) is 60.8 Å². The first-order chi connectivity index (χ1) is 30.6. The van der Waals surface area contributed by atoms with Crippen molar-refractivity contribution in [2.45, 2.75) is 231 Å². The number of unbranched alkanes of at least 4 members (excludes halogenated alkanes) is 26. The van der Waals surface area contributed by atoms with Gasteiger partial charge in [0.25, 0.3) is 0 Å². The number of quaternary nitrogens is 1. The van der Waals surface area contributed by atoms with Gasteiger partial charge in [-0.2, -0.15) is 0 Å². The number of esters is 2. The Morgan fingerprint density at radius 3 is 1.30 bits per heavy atom. The fourth-order valence-corrected chi connectivity index (χ4v) is 7.51. The maximum Gasteiger partial charge on any atom is 0.306 e. The Balaban J connectivity index is 4.27. The average Bonchev–Trinajstić information content (AvgIpc) is 3.24. The summed E-state index contributed by atoms with van der Waals surface area (Å²) in [4.78, 5) is 37.0. The van der Waals surface area contributed by atoms with Crippen LogP contribution in [0.1, 0.15) is 219 Å². The average molecular weight is 884 g/mol. The van der Waals surface area contributed by atoms with Gasteiger partial charge in [-0.05, 0) is 32.1 Å². The van der Waals surface area contributed by atoms with Crippen LogP contribution in [-0.4, -0.2) is 75.5 Å². The zero-order chi connectivity index (χ0) is 46.3. The van der Waals surface area contributed by atoms with Crippen LogP contribution >= 0.6 is 0 Å². The Kier molecular flexibility index (Phi) is 43.4. The largest absolute Gasteiger partial charge is 0.544 e. The number of rotatable bonds is 46. The summed E-state index contributed by atoms with van der Waals surface area (Å²) in [5.41, 5.74) is 0. The number of allylic oxidation sites excluding steroid dienone is 10. The maximum atomic E-state index is 12.8. The van der Waals surface area contributed by atoms with Crippen molar-refractivity contribution in [1.82, 2.24) is 0 Å². The molecule has 0 aliphatic carbocycles. The van der Waals surface area contributed by atoms with E-state index in [-0.39, 0.29) is 42.7 Å². The van der Waals surface area contributed by atoms with Crippen LogP contribution < -0.4 is 5.11 Å². The molecule has 0 rings (SSSR count). The highest BCUT2D eigenvalue weighted by Gasteiger charge is 2.25. The Hall–Kier alpha value is -2.97. The van der Waals surface area contributed by atoms with Crippen LogP contribution in [-0.2, 0) is 28.6 Å². The summed E-state index contributed by atoms with van der Waals surface area (Å²) >= 11 is 0. The summed E-state index contributed by atoms with van der Waals surface area (Å²) in [5, 5.41) is 11.7. The van der Waals surface area contributed by atoms with E-state index >= 15 is 0 Å². The molecule has 0 aromatic carbocycles. The van der Waals surface area contributed by atoms with Crippen LogP contribution in [0.5, 0.6) is 0 Å². The van der Waals surface area contributed by atoms with E-state index < -0.39 is 18.1 Å². The van der Waals surface area contributed by atoms with Crippen LogP contribution in [0.2, 0.25) is 0 Å². The van der Waals surface area contributed by atoms with Crippen LogP contribution in [0.25, 0.3) is 0 Å². The van der Waals surface area contributed by atoms with Crippen LogP contribution in [0, 0.1) is 0 Å². The van der Waals surface area contributed by atoms with Gasteiger partial charge in [0.1, 0.15) is 12.6 Å². The minimum atomic E-state index is -1.13. The number of carbonyl (C=O) groups is 3. The third-order valence-electron chi connectivity index (χ3n) is 11.5. The molecule has 2 unspecified atom stereocenters. The number of nitrogens with zero attached hydrogens (tertiary/aromatic N) is 1. The first-order valence-electron chi connectivity index (χ1n) is 25.9. The second-order valence-electron chi connectivity index (χ2n) is 18.5. The second-order valence-corrected chi connectivity index (χ2v) is 18.5. The smallest absolute Gasteiger partial charge is 0.306 e. The third-order valence-corrected chi connectivity index (χ3v) is 11.5. The molecule has 63 heavy (non-hydrogen) atoms. The van der Waals surface area contributed by atoms with E-state index in [1.54, 1.807) is 21.1 Å². The molecule has 0 radical (unpaired) electrons. The number of carbonyl (C=O) groups excluding carboxylic acids is 3. The first-order valence-corrected chi connectivity index (χ1v) is 25.9. The van der Waals surface area contributed by atoms with Crippen LogP contribution in [0.4, 0.5) is 0 Å². The van der Waals surface area contributed by atoms with Crippen molar-refractivity contribution in [3.05, 3.63) is 60.8 Å². The molecule has 0 aliphatic heterocycles. The standard InChI is InChI=1S/C55H97NO7/c1-6-8-10-12-14-16-18-20-22-24-26-27-28-30-32-34-36-38-40-42-44-46-54(58)63-51(49-61-48-47-52(55(59)60)56(3,4)5)50-62-53(57)45-43-41-39-37-35-33-31-29-25-23-21-19-17-15-13-11-9-7-2/h11,13,15,17,19,21,23,25,29,31,51-52H,6-10,12,14,16,18,20,22,24,26-28,30,32-50H2,1-5H3/b13-11+,17-15+,21-19+,25-23+,31-29+. The quantitative estimate of drug-likeness (QED) is 0.0260. The lowest BCUT2D eigenvalue weighted by molar-refractivity contribution is -0.889.